The van der Waals surface area contributed by atoms with Gasteiger partial charge in [0, 0.05) is 18.4 Å². The van der Waals surface area contributed by atoms with Crippen molar-refractivity contribution >= 4 is 11.0 Å². The first-order chi connectivity index (χ1) is 7.59. The van der Waals surface area contributed by atoms with Gasteiger partial charge in [-0.2, -0.15) is 0 Å². The number of nitrogens with zero attached hydrogens (tertiary/aromatic N) is 2. The van der Waals surface area contributed by atoms with E-state index in [2.05, 4.69) is 55.6 Å². The molecule has 0 fully saturated rings. The van der Waals surface area contributed by atoms with E-state index in [9.17, 15) is 0 Å². The van der Waals surface area contributed by atoms with E-state index in [1.807, 2.05) is 13.8 Å². The zero-order chi connectivity index (χ0) is 12.3. The predicted molar refractivity (Wildman–Crippen MR) is 70.9 cm³/mol. The van der Waals surface area contributed by atoms with Crippen LogP contribution < -0.4 is 0 Å². The Bertz CT molecular complexity index is 467. The molecule has 2 heterocycles. The highest BCUT2D eigenvalue weighted by Gasteiger charge is 2.06. The van der Waals surface area contributed by atoms with Crippen molar-refractivity contribution in [2.24, 2.45) is 7.05 Å². The molecule has 0 aliphatic rings. The quantitative estimate of drug-likeness (QED) is 0.706. The molecule has 0 unspecified atom stereocenters. The summed E-state index contributed by atoms with van der Waals surface area (Å²) in [6.45, 7) is 10.4. The lowest BCUT2D eigenvalue weighted by Crippen LogP contribution is -1.93. The van der Waals surface area contributed by atoms with E-state index in [0.29, 0.717) is 5.92 Å². The van der Waals surface area contributed by atoms with Crippen LogP contribution in [0.25, 0.3) is 11.0 Å². The minimum atomic E-state index is 0.500. The topological polar surface area (TPSA) is 17.8 Å². The Morgan fingerprint density at radius 2 is 1.81 bits per heavy atom. The number of hydrogen-bond acceptors (Lipinski definition) is 1. The molecule has 2 aromatic heterocycles. The summed E-state index contributed by atoms with van der Waals surface area (Å²) in [6.07, 6.45) is 0. The van der Waals surface area contributed by atoms with Crippen molar-refractivity contribution < 1.29 is 0 Å². The van der Waals surface area contributed by atoms with Gasteiger partial charge in [0.15, 0.2) is 0 Å². The highest BCUT2D eigenvalue weighted by molar-refractivity contribution is 5.77. The zero-order valence-electron chi connectivity index (χ0n) is 11.2. The molecule has 0 aliphatic carbocycles. The molecule has 0 radical (unpaired) electrons. The zero-order valence-corrected chi connectivity index (χ0v) is 11.2. The van der Waals surface area contributed by atoms with Crippen molar-refractivity contribution in [3.05, 3.63) is 29.6 Å². The van der Waals surface area contributed by atoms with Gasteiger partial charge in [0.1, 0.15) is 0 Å². The van der Waals surface area contributed by atoms with Crippen LogP contribution >= 0.6 is 0 Å². The first-order valence-corrected chi connectivity index (χ1v) is 6.02. The summed E-state index contributed by atoms with van der Waals surface area (Å²) < 4.78 is 2.17. The fourth-order valence-corrected chi connectivity index (χ4v) is 1.68. The fourth-order valence-electron chi connectivity index (χ4n) is 1.68. The van der Waals surface area contributed by atoms with Crippen molar-refractivity contribution in [3.63, 3.8) is 0 Å². The van der Waals surface area contributed by atoms with Crippen LogP contribution in [0, 0.1) is 6.92 Å². The number of aryl methyl sites for hydroxylation is 2. The normalized spacial score (nSPS) is 10.4. The molecule has 0 saturated heterocycles. The molecular weight excluding hydrogens is 196 g/mol. The molecule has 16 heavy (non-hydrogen) atoms. The molecule has 0 aliphatic heterocycles. The third-order valence-corrected chi connectivity index (χ3v) is 2.75. The van der Waals surface area contributed by atoms with Crippen molar-refractivity contribution in [2.75, 3.05) is 0 Å². The van der Waals surface area contributed by atoms with Gasteiger partial charge in [-0.05, 0) is 31.0 Å². The molecule has 0 spiro atoms. The highest BCUT2D eigenvalue weighted by atomic mass is 15.0. The average Bonchev–Trinajstić information content (AvgIpc) is 2.57. The number of aromatic nitrogens is 2. The van der Waals surface area contributed by atoms with Crippen LogP contribution in [-0.2, 0) is 7.05 Å². The van der Waals surface area contributed by atoms with E-state index < -0.39 is 0 Å². The Morgan fingerprint density at radius 1 is 1.19 bits per heavy atom. The third-order valence-electron chi connectivity index (χ3n) is 2.75. The fraction of sp³-hybridized carbons (Fsp3) is 0.500. The van der Waals surface area contributed by atoms with Crippen molar-refractivity contribution in [3.8, 4) is 0 Å². The summed E-state index contributed by atoms with van der Waals surface area (Å²) in [5, 5.41) is 0. The van der Waals surface area contributed by atoms with E-state index >= 15 is 0 Å². The molecule has 0 saturated carbocycles. The van der Waals surface area contributed by atoms with Crippen LogP contribution in [0.5, 0.6) is 0 Å². The lowest BCUT2D eigenvalue weighted by atomic mass is 10.1. The van der Waals surface area contributed by atoms with Crippen molar-refractivity contribution in [2.45, 2.75) is 40.5 Å². The lowest BCUT2D eigenvalue weighted by Gasteiger charge is -2.04. The standard InChI is InChI=1S/C12H16N2.C2H6/c1-8(2)10-5-6-12-11(13-10)7-9(3)14(12)4;1-2/h5-8H,1-4H3;1-2H3. The number of rotatable bonds is 1. The van der Waals surface area contributed by atoms with E-state index in [1.54, 1.807) is 0 Å². The van der Waals surface area contributed by atoms with Gasteiger partial charge in [-0.1, -0.05) is 27.7 Å². The minimum Gasteiger partial charge on any atom is -0.347 e. The Balaban J connectivity index is 0.000000606. The predicted octanol–water partition coefficient (Wildman–Crippen LogP) is 4.03. The molecular formula is C14H22N2. The van der Waals surface area contributed by atoms with Crippen LogP contribution in [-0.4, -0.2) is 9.55 Å². The van der Waals surface area contributed by atoms with Gasteiger partial charge in [0.05, 0.1) is 11.0 Å². The highest BCUT2D eigenvalue weighted by Crippen LogP contribution is 2.19. The third kappa shape index (κ3) is 2.26. The van der Waals surface area contributed by atoms with Gasteiger partial charge in [-0.3, -0.25) is 4.98 Å². The SMILES string of the molecule is CC.Cc1cc2nc(C(C)C)ccc2n1C. The van der Waals surface area contributed by atoms with Crippen LogP contribution in [0.4, 0.5) is 0 Å². The van der Waals surface area contributed by atoms with Gasteiger partial charge in [0.25, 0.3) is 0 Å². The first kappa shape index (κ1) is 12.8. The second kappa shape index (κ2) is 5.15. The summed E-state index contributed by atoms with van der Waals surface area (Å²) in [6, 6.07) is 6.42. The lowest BCUT2D eigenvalue weighted by molar-refractivity contribution is 0.829. The van der Waals surface area contributed by atoms with Crippen molar-refractivity contribution in [1.29, 1.82) is 0 Å². The number of pyridine rings is 1. The molecule has 0 aromatic carbocycles. The molecule has 0 atom stereocenters. The van der Waals surface area contributed by atoms with Crippen LogP contribution in [0.15, 0.2) is 18.2 Å². The summed E-state index contributed by atoms with van der Waals surface area (Å²) in [5.41, 5.74) is 4.75. The summed E-state index contributed by atoms with van der Waals surface area (Å²) in [5.74, 6) is 0.500. The Labute approximate surface area is 98.3 Å². The molecule has 0 amide bonds. The summed E-state index contributed by atoms with van der Waals surface area (Å²) >= 11 is 0. The van der Waals surface area contributed by atoms with Gasteiger partial charge >= 0.3 is 0 Å². The minimum absolute atomic E-state index is 0.500. The monoisotopic (exact) mass is 218 g/mol. The van der Waals surface area contributed by atoms with Crippen LogP contribution in [0.1, 0.15) is 45.0 Å². The maximum absolute atomic E-state index is 4.64. The van der Waals surface area contributed by atoms with Gasteiger partial charge < -0.3 is 4.57 Å². The average molecular weight is 218 g/mol. The molecule has 88 valence electrons. The second-order valence-electron chi connectivity index (χ2n) is 4.14. The molecule has 2 nitrogen and oxygen atoms in total. The van der Waals surface area contributed by atoms with Gasteiger partial charge in [-0.15, -0.1) is 0 Å². The Morgan fingerprint density at radius 3 is 2.38 bits per heavy atom. The van der Waals surface area contributed by atoms with Gasteiger partial charge in [0.2, 0.25) is 0 Å². The van der Waals surface area contributed by atoms with Crippen LogP contribution in [0.2, 0.25) is 0 Å². The molecule has 2 heteroatoms. The van der Waals surface area contributed by atoms with Crippen LogP contribution in [0.3, 0.4) is 0 Å². The number of hydrogen-bond donors (Lipinski definition) is 0. The van der Waals surface area contributed by atoms with E-state index in [0.717, 1.165) is 5.52 Å². The van der Waals surface area contributed by atoms with Crippen molar-refractivity contribution in [1.82, 2.24) is 9.55 Å². The molecule has 2 rings (SSSR count). The molecule has 0 bridgehead atoms. The Hall–Kier alpha value is -1.31. The second-order valence-corrected chi connectivity index (χ2v) is 4.14. The molecule has 0 N–H and O–H groups in total. The summed E-state index contributed by atoms with van der Waals surface area (Å²) in [7, 11) is 2.08. The smallest absolute Gasteiger partial charge is 0.0887 e. The first-order valence-electron chi connectivity index (χ1n) is 6.02. The maximum Gasteiger partial charge on any atom is 0.0887 e. The van der Waals surface area contributed by atoms with Gasteiger partial charge in [-0.25, -0.2) is 0 Å². The van der Waals surface area contributed by atoms with E-state index in [-0.39, 0.29) is 0 Å². The number of fused-ring (bicyclic) bond motifs is 1. The summed E-state index contributed by atoms with van der Waals surface area (Å²) in [4.78, 5) is 4.64. The van der Waals surface area contributed by atoms with E-state index in [1.165, 1.54) is 16.9 Å². The molecule has 2 aromatic rings. The largest absolute Gasteiger partial charge is 0.347 e. The Kier molecular flexibility index (Phi) is 4.11. The maximum atomic E-state index is 4.64. The van der Waals surface area contributed by atoms with E-state index in [4.69, 9.17) is 0 Å².